The molecule has 0 spiro atoms. The van der Waals surface area contributed by atoms with E-state index in [0.717, 1.165) is 23.0 Å². The van der Waals surface area contributed by atoms with Gasteiger partial charge in [0.15, 0.2) is 11.6 Å². The van der Waals surface area contributed by atoms with E-state index < -0.39 is 11.6 Å². The van der Waals surface area contributed by atoms with Crippen LogP contribution in [0.5, 0.6) is 0 Å². The van der Waals surface area contributed by atoms with Crippen molar-refractivity contribution in [3.8, 4) is 5.69 Å². The maximum Gasteiger partial charge on any atom is 0.227 e. The summed E-state index contributed by atoms with van der Waals surface area (Å²) in [6, 6.07) is 3.47. The van der Waals surface area contributed by atoms with Gasteiger partial charge in [0.1, 0.15) is 11.5 Å². The third-order valence-electron chi connectivity index (χ3n) is 3.97. The minimum Gasteiger partial charge on any atom is -0.339 e. The molecule has 0 amide bonds. The first-order chi connectivity index (χ1) is 12.0. The number of benzene rings is 1. The molecule has 0 bridgehead atoms. The minimum atomic E-state index is -0.642. The average molecular weight is 347 g/mol. The van der Waals surface area contributed by atoms with Crippen molar-refractivity contribution < 1.29 is 13.3 Å². The SMILES string of the molecule is Cc1noc(CCNCc2c(C)nn(-c3ccc(F)cc3F)c2C)n1. The number of halogens is 2. The molecule has 1 aromatic carbocycles. The number of aryl methyl sites for hydroxylation is 2. The van der Waals surface area contributed by atoms with Gasteiger partial charge >= 0.3 is 0 Å². The molecule has 0 atom stereocenters. The topological polar surface area (TPSA) is 68.8 Å². The standard InChI is InChI=1S/C17H19F2N5O/c1-10-14(9-20-7-6-17-21-12(3)23-25-17)11(2)24(22-10)16-5-4-13(18)8-15(16)19/h4-5,8,20H,6-7,9H2,1-3H3. The summed E-state index contributed by atoms with van der Waals surface area (Å²) in [7, 11) is 0. The van der Waals surface area contributed by atoms with Crippen molar-refractivity contribution in [3.63, 3.8) is 0 Å². The molecule has 0 fully saturated rings. The number of hydrogen-bond acceptors (Lipinski definition) is 5. The van der Waals surface area contributed by atoms with Crippen molar-refractivity contribution in [2.24, 2.45) is 0 Å². The van der Waals surface area contributed by atoms with Crippen LogP contribution in [-0.2, 0) is 13.0 Å². The summed E-state index contributed by atoms with van der Waals surface area (Å²) >= 11 is 0. The molecule has 3 aromatic rings. The molecule has 0 saturated heterocycles. The Balaban J connectivity index is 1.69. The Morgan fingerprint density at radius 1 is 1.20 bits per heavy atom. The van der Waals surface area contributed by atoms with Gasteiger partial charge in [0.05, 0.1) is 5.69 Å². The highest BCUT2D eigenvalue weighted by atomic mass is 19.1. The van der Waals surface area contributed by atoms with Gasteiger partial charge in [-0.3, -0.25) is 0 Å². The lowest BCUT2D eigenvalue weighted by Crippen LogP contribution is -2.17. The lowest BCUT2D eigenvalue weighted by Gasteiger charge is -2.07. The first-order valence-corrected chi connectivity index (χ1v) is 7.96. The van der Waals surface area contributed by atoms with E-state index in [1.54, 1.807) is 6.92 Å². The maximum atomic E-state index is 14.0. The molecule has 2 heterocycles. The molecule has 6 nitrogen and oxygen atoms in total. The van der Waals surface area contributed by atoms with E-state index in [1.807, 2.05) is 13.8 Å². The quantitative estimate of drug-likeness (QED) is 0.695. The summed E-state index contributed by atoms with van der Waals surface area (Å²) in [4.78, 5) is 4.14. The van der Waals surface area contributed by atoms with Gasteiger partial charge in [-0.2, -0.15) is 10.1 Å². The number of rotatable bonds is 6. The monoisotopic (exact) mass is 347 g/mol. The van der Waals surface area contributed by atoms with Crippen LogP contribution in [0.25, 0.3) is 5.69 Å². The number of nitrogens with one attached hydrogen (secondary N) is 1. The highest BCUT2D eigenvalue weighted by Crippen LogP contribution is 2.20. The zero-order valence-electron chi connectivity index (χ0n) is 14.3. The van der Waals surface area contributed by atoms with Gasteiger partial charge in [-0.15, -0.1) is 0 Å². The van der Waals surface area contributed by atoms with Gasteiger partial charge in [0.2, 0.25) is 5.89 Å². The predicted octanol–water partition coefficient (Wildman–Crippen LogP) is 2.79. The molecule has 0 radical (unpaired) electrons. The molecule has 0 aliphatic rings. The lowest BCUT2D eigenvalue weighted by atomic mass is 10.2. The fraction of sp³-hybridized carbons (Fsp3) is 0.353. The smallest absolute Gasteiger partial charge is 0.227 e. The second-order valence-corrected chi connectivity index (χ2v) is 5.82. The zero-order valence-corrected chi connectivity index (χ0v) is 14.3. The van der Waals surface area contributed by atoms with E-state index in [1.165, 1.54) is 16.8 Å². The highest BCUT2D eigenvalue weighted by Gasteiger charge is 2.15. The molecule has 0 aliphatic carbocycles. The Labute approximate surface area is 143 Å². The second-order valence-electron chi connectivity index (χ2n) is 5.82. The third kappa shape index (κ3) is 3.74. The van der Waals surface area contributed by atoms with Crippen LogP contribution >= 0.6 is 0 Å². The molecule has 2 aromatic heterocycles. The molecule has 8 heteroatoms. The summed E-state index contributed by atoms with van der Waals surface area (Å²) in [6.45, 7) is 6.74. The van der Waals surface area contributed by atoms with Crippen LogP contribution in [0.3, 0.4) is 0 Å². The van der Waals surface area contributed by atoms with E-state index in [2.05, 4.69) is 20.6 Å². The first kappa shape index (κ1) is 17.2. The molecule has 3 rings (SSSR count). The summed E-state index contributed by atoms with van der Waals surface area (Å²) in [5, 5.41) is 11.4. The van der Waals surface area contributed by atoms with Crippen LogP contribution in [0.1, 0.15) is 28.7 Å². The number of hydrogen-bond donors (Lipinski definition) is 1. The van der Waals surface area contributed by atoms with Crippen molar-refractivity contribution in [1.29, 1.82) is 0 Å². The molecule has 0 saturated carbocycles. The van der Waals surface area contributed by atoms with Crippen LogP contribution < -0.4 is 5.32 Å². The molecular weight excluding hydrogens is 328 g/mol. The summed E-state index contributed by atoms with van der Waals surface area (Å²) in [5.74, 6) is -0.0513. The van der Waals surface area contributed by atoms with Crippen LogP contribution in [0.4, 0.5) is 8.78 Å². The van der Waals surface area contributed by atoms with Gasteiger partial charge in [0.25, 0.3) is 0 Å². The van der Waals surface area contributed by atoms with Crippen molar-refractivity contribution in [1.82, 2.24) is 25.2 Å². The summed E-state index contributed by atoms with van der Waals surface area (Å²) in [5.41, 5.74) is 2.81. The van der Waals surface area contributed by atoms with Gasteiger partial charge in [-0.25, -0.2) is 13.5 Å². The summed E-state index contributed by atoms with van der Waals surface area (Å²) < 4.78 is 33.7. The van der Waals surface area contributed by atoms with Crippen LogP contribution in [-0.4, -0.2) is 26.5 Å². The maximum absolute atomic E-state index is 14.0. The molecule has 0 aliphatic heterocycles. The summed E-state index contributed by atoms with van der Waals surface area (Å²) in [6.07, 6.45) is 0.625. The number of nitrogens with zero attached hydrogens (tertiary/aromatic N) is 4. The van der Waals surface area contributed by atoms with Gasteiger partial charge in [0, 0.05) is 36.8 Å². The molecule has 0 unspecified atom stereocenters. The Bertz CT molecular complexity index is 887. The molecule has 132 valence electrons. The van der Waals surface area contributed by atoms with Crippen LogP contribution in [0, 0.1) is 32.4 Å². The Kier molecular flexibility index (Phi) is 4.89. The van der Waals surface area contributed by atoms with Gasteiger partial charge in [-0.1, -0.05) is 5.16 Å². The normalized spacial score (nSPS) is 11.2. The van der Waals surface area contributed by atoms with E-state index in [0.29, 0.717) is 31.2 Å². The fourth-order valence-electron chi connectivity index (χ4n) is 2.67. The van der Waals surface area contributed by atoms with Crippen molar-refractivity contribution in [3.05, 3.63) is 58.5 Å². The van der Waals surface area contributed by atoms with Crippen LogP contribution in [0.15, 0.2) is 22.7 Å². The molecule has 25 heavy (non-hydrogen) atoms. The largest absolute Gasteiger partial charge is 0.339 e. The second kappa shape index (κ2) is 7.10. The van der Waals surface area contributed by atoms with Gasteiger partial charge < -0.3 is 9.84 Å². The Morgan fingerprint density at radius 3 is 2.68 bits per heavy atom. The third-order valence-corrected chi connectivity index (χ3v) is 3.97. The van der Waals surface area contributed by atoms with E-state index in [9.17, 15) is 8.78 Å². The minimum absolute atomic E-state index is 0.231. The Hall–Kier alpha value is -2.61. The number of aromatic nitrogens is 4. The average Bonchev–Trinajstić information content (AvgIpc) is 3.09. The fourth-order valence-corrected chi connectivity index (χ4v) is 2.67. The molecule has 1 N–H and O–H groups in total. The van der Waals surface area contributed by atoms with E-state index >= 15 is 0 Å². The van der Waals surface area contributed by atoms with E-state index in [4.69, 9.17) is 4.52 Å². The van der Waals surface area contributed by atoms with Crippen LogP contribution in [0.2, 0.25) is 0 Å². The van der Waals surface area contributed by atoms with Crippen molar-refractivity contribution >= 4 is 0 Å². The van der Waals surface area contributed by atoms with Crippen molar-refractivity contribution in [2.75, 3.05) is 6.54 Å². The molecular formula is C17H19F2N5O. The van der Waals surface area contributed by atoms with E-state index in [-0.39, 0.29) is 5.69 Å². The Morgan fingerprint density at radius 2 is 2.00 bits per heavy atom. The zero-order chi connectivity index (χ0) is 18.0. The van der Waals surface area contributed by atoms with Crippen molar-refractivity contribution in [2.45, 2.75) is 33.7 Å². The first-order valence-electron chi connectivity index (χ1n) is 7.96. The van der Waals surface area contributed by atoms with Gasteiger partial charge in [-0.05, 0) is 32.9 Å². The lowest BCUT2D eigenvalue weighted by molar-refractivity contribution is 0.372. The predicted molar refractivity (Wildman–Crippen MR) is 87.4 cm³/mol. The highest BCUT2D eigenvalue weighted by molar-refractivity contribution is 5.38.